The maximum absolute atomic E-state index is 14.0. The summed E-state index contributed by atoms with van der Waals surface area (Å²) in [5, 5.41) is 23.6. The molecule has 0 fully saturated rings. The summed E-state index contributed by atoms with van der Waals surface area (Å²) in [6, 6.07) is -5.27. The van der Waals surface area contributed by atoms with Gasteiger partial charge in [-0.1, -0.05) is 84.0 Å². The van der Waals surface area contributed by atoms with Crippen LogP contribution in [0.15, 0.2) is 0 Å². The molecule has 0 aliphatic rings. The quantitative estimate of drug-likeness (QED) is 0.0391. The van der Waals surface area contributed by atoms with Gasteiger partial charge in [0, 0.05) is 6.42 Å². The average Bonchev–Trinajstić information content (AvgIpc) is 3.26. The van der Waals surface area contributed by atoms with Crippen LogP contribution in [0.3, 0.4) is 0 Å². The number of carbonyl (C=O) groups excluding carboxylic acids is 5. The van der Waals surface area contributed by atoms with E-state index in [1.807, 2.05) is 0 Å². The fourth-order valence-corrected chi connectivity index (χ4v) is 7.46. The van der Waals surface area contributed by atoms with E-state index >= 15 is 0 Å². The first-order valence-electron chi connectivity index (χ1n) is 24.7. The SMILES string of the molecule is CCCCCCCCCCCCCCCC(=O)N[C@@H](CCCCN)C(=O)N[C@@H](CCCCN)C(=O)N[C@@H](CCCCN)C(=O)N[C@@H](CCCCN)C(=O)N[C@@H](CCCCN)C(=O)O. The van der Waals surface area contributed by atoms with Crippen LogP contribution in [0, 0.1) is 0 Å². The van der Waals surface area contributed by atoms with Crippen molar-refractivity contribution in [3.05, 3.63) is 0 Å². The molecule has 0 bridgehead atoms. The van der Waals surface area contributed by atoms with Gasteiger partial charge in [-0.05, 0) is 135 Å². The number of unbranched alkanes of at least 4 members (excludes halogenated alkanes) is 17. The van der Waals surface area contributed by atoms with Gasteiger partial charge in [0.05, 0.1) is 0 Å². The van der Waals surface area contributed by atoms with Gasteiger partial charge in [0.25, 0.3) is 0 Å². The molecule has 0 unspecified atom stereocenters. The molecule has 63 heavy (non-hydrogen) atoms. The molecular formula is C46H92N10O7. The van der Waals surface area contributed by atoms with Crippen molar-refractivity contribution in [2.24, 2.45) is 28.7 Å². The molecule has 368 valence electrons. The second-order valence-corrected chi connectivity index (χ2v) is 17.1. The number of carbonyl (C=O) groups is 6. The van der Waals surface area contributed by atoms with Gasteiger partial charge in [0.15, 0.2) is 0 Å². The zero-order chi connectivity index (χ0) is 46.9. The smallest absolute Gasteiger partial charge is 0.326 e. The number of rotatable bonds is 44. The third-order valence-electron chi connectivity index (χ3n) is 11.4. The minimum absolute atomic E-state index is 0.174. The van der Waals surface area contributed by atoms with Crippen LogP contribution in [0.5, 0.6) is 0 Å². The lowest BCUT2D eigenvalue weighted by atomic mass is 10.0. The average molecular weight is 897 g/mol. The van der Waals surface area contributed by atoms with E-state index in [1.165, 1.54) is 57.8 Å². The molecule has 0 aliphatic carbocycles. The molecule has 0 aromatic heterocycles. The third-order valence-corrected chi connectivity index (χ3v) is 11.4. The summed E-state index contributed by atoms with van der Waals surface area (Å²) in [6.45, 7) is 4.17. The van der Waals surface area contributed by atoms with Crippen molar-refractivity contribution in [3.8, 4) is 0 Å². The monoisotopic (exact) mass is 897 g/mol. The Bertz CT molecular complexity index is 1210. The molecule has 17 nitrogen and oxygen atoms in total. The standard InChI is InChI=1S/C46H92N10O7/c1-2-3-4-5-6-7-8-9-10-11-12-13-14-30-41(57)52-36(25-15-20-31-47)42(58)53-37(26-16-21-32-48)43(59)54-38(27-17-22-33-49)44(60)55-39(28-18-23-34-50)45(61)56-40(46(62)63)29-19-24-35-51/h36-40H,2-35,47-51H2,1H3,(H,52,57)(H,53,58)(H,54,59)(H,55,60)(H,56,61)(H,62,63)/t36-,37-,38-,39-,40-/m0/s1. The van der Waals surface area contributed by atoms with Gasteiger partial charge >= 0.3 is 5.97 Å². The van der Waals surface area contributed by atoms with Gasteiger partial charge in [-0.2, -0.15) is 0 Å². The summed E-state index contributed by atoms with van der Waals surface area (Å²) in [4.78, 5) is 80.3. The topological polar surface area (TPSA) is 313 Å². The molecule has 0 spiro atoms. The number of carboxylic acid groups (broad SMARTS) is 1. The molecule has 0 aromatic carbocycles. The highest BCUT2D eigenvalue weighted by Gasteiger charge is 2.32. The van der Waals surface area contributed by atoms with Crippen LogP contribution >= 0.6 is 0 Å². The molecule has 0 aromatic rings. The molecule has 5 atom stereocenters. The third kappa shape index (κ3) is 32.0. The van der Waals surface area contributed by atoms with Crippen LogP contribution in [0.2, 0.25) is 0 Å². The number of hydrogen-bond acceptors (Lipinski definition) is 11. The largest absolute Gasteiger partial charge is 0.480 e. The van der Waals surface area contributed by atoms with E-state index in [0.29, 0.717) is 110 Å². The zero-order valence-electron chi connectivity index (χ0n) is 39.2. The van der Waals surface area contributed by atoms with Crippen LogP contribution in [0.4, 0.5) is 0 Å². The highest BCUT2D eigenvalue weighted by atomic mass is 16.4. The molecule has 0 heterocycles. The van der Waals surface area contributed by atoms with E-state index < -0.39 is 59.8 Å². The second kappa shape index (κ2) is 41.3. The van der Waals surface area contributed by atoms with E-state index in [1.54, 1.807) is 0 Å². The lowest BCUT2D eigenvalue weighted by Crippen LogP contribution is -2.58. The van der Waals surface area contributed by atoms with Crippen LogP contribution < -0.4 is 55.3 Å². The lowest BCUT2D eigenvalue weighted by Gasteiger charge is -2.27. The van der Waals surface area contributed by atoms with Crippen LogP contribution in [-0.2, 0) is 28.8 Å². The lowest BCUT2D eigenvalue weighted by molar-refractivity contribution is -0.142. The maximum atomic E-state index is 14.0. The number of amides is 5. The Morgan fingerprint density at radius 2 is 0.603 bits per heavy atom. The predicted octanol–water partition coefficient (Wildman–Crippen LogP) is 3.62. The molecule has 17 heteroatoms. The normalized spacial score (nSPS) is 13.6. The Kier molecular flexibility index (Phi) is 39.1. The first-order chi connectivity index (χ1) is 30.5. The minimum Gasteiger partial charge on any atom is -0.480 e. The Morgan fingerprint density at radius 1 is 0.349 bits per heavy atom. The Hall–Kier alpha value is -3.38. The van der Waals surface area contributed by atoms with Crippen molar-refractivity contribution in [1.82, 2.24) is 26.6 Å². The Morgan fingerprint density at radius 3 is 0.889 bits per heavy atom. The molecule has 0 aliphatic heterocycles. The van der Waals surface area contributed by atoms with Gasteiger partial charge in [-0.3, -0.25) is 24.0 Å². The number of carboxylic acids is 1. The predicted molar refractivity (Wildman–Crippen MR) is 252 cm³/mol. The number of nitrogens with one attached hydrogen (secondary N) is 5. The highest BCUT2D eigenvalue weighted by Crippen LogP contribution is 2.14. The molecule has 0 saturated carbocycles. The van der Waals surface area contributed by atoms with Gasteiger partial charge in [-0.25, -0.2) is 4.79 Å². The van der Waals surface area contributed by atoms with Gasteiger partial charge in [-0.15, -0.1) is 0 Å². The van der Waals surface area contributed by atoms with Crippen molar-refractivity contribution in [1.29, 1.82) is 0 Å². The van der Waals surface area contributed by atoms with Crippen LogP contribution in [0.25, 0.3) is 0 Å². The zero-order valence-corrected chi connectivity index (χ0v) is 39.2. The van der Waals surface area contributed by atoms with Crippen molar-refractivity contribution in [2.45, 2.75) is 223 Å². The molecule has 0 saturated heterocycles. The molecule has 16 N–H and O–H groups in total. The number of nitrogens with two attached hydrogens (primary N) is 5. The highest BCUT2D eigenvalue weighted by molar-refractivity contribution is 5.96. The van der Waals surface area contributed by atoms with Crippen molar-refractivity contribution in [2.75, 3.05) is 32.7 Å². The van der Waals surface area contributed by atoms with Gasteiger partial charge < -0.3 is 60.4 Å². The van der Waals surface area contributed by atoms with Crippen molar-refractivity contribution in [3.63, 3.8) is 0 Å². The fraction of sp³-hybridized carbons (Fsp3) is 0.870. The van der Waals surface area contributed by atoms with E-state index in [0.717, 1.165) is 25.7 Å². The number of aliphatic carboxylic acids is 1. The summed E-state index contributed by atoms with van der Waals surface area (Å²) in [6.07, 6.45) is 22.6. The summed E-state index contributed by atoms with van der Waals surface area (Å²) in [7, 11) is 0. The summed E-state index contributed by atoms with van der Waals surface area (Å²) >= 11 is 0. The summed E-state index contributed by atoms with van der Waals surface area (Å²) in [5.74, 6) is -3.80. The minimum atomic E-state index is -1.20. The summed E-state index contributed by atoms with van der Waals surface area (Å²) in [5.41, 5.74) is 28.5. The van der Waals surface area contributed by atoms with E-state index in [2.05, 4.69) is 33.5 Å². The van der Waals surface area contributed by atoms with Gasteiger partial charge in [0.1, 0.15) is 30.2 Å². The first-order valence-corrected chi connectivity index (χ1v) is 24.7. The second-order valence-electron chi connectivity index (χ2n) is 17.1. The fourth-order valence-electron chi connectivity index (χ4n) is 7.46. The Balaban J connectivity index is 5.78. The van der Waals surface area contributed by atoms with Crippen LogP contribution in [0.1, 0.15) is 193 Å². The van der Waals surface area contributed by atoms with Crippen molar-refractivity contribution >= 4 is 35.5 Å². The maximum Gasteiger partial charge on any atom is 0.326 e. The van der Waals surface area contributed by atoms with E-state index in [9.17, 15) is 33.9 Å². The van der Waals surface area contributed by atoms with E-state index in [4.69, 9.17) is 28.7 Å². The van der Waals surface area contributed by atoms with E-state index in [-0.39, 0.29) is 31.6 Å². The number of hydrogen-bond donors (Lipinski definition) is 11. The summed E-state index contributed by atoms with van der Waals surface area (Å²) < 4.78 is 0. The molecule has 5 amide bonds. The molecular weight excluding hydrogens is 805 g/mol. The van der Waals surface area contributed by atoms with Gasteiger partial charge in [0.2, 0.25) is 29.5 Å². The first kappa shape index (κ1) is 59.6. The molecule has 0 radical (unpaired) electrons. The van der Waals surface area contributed by atoms with Crippen LogP contribution in [-0.4, -0.2) is 104 Å². The van der Waals surface area contributed by atoms with Crippen molar-refractivity contribution < 1.29 is 33.9 Å². The molecule has 0 rings (SSSR count). The Labute approximate surface area is 379 Å².